The molecule has 0 spiro atoms. The van der Waals surface area contributed by atoms with E-state index in [4.69, 9.17) is 4.74 Å². The maximum absolute atomic E-state index is 12.9. The van der Waals surface area contributed by atoms with E-state index in [1.54, 1.807) is 12.1 Å². The number of carbonyl (C=O) groups excluding carboxylic acids is 1. The Balaban J connectivity index is 2.18. The van der Waals surface area contributed by atoms with E-state index in [0.717, 1.165) is 6.42 Å². The fourth-order valence-electron chi connectivity index (χ4n) is 1.33. The first-order valence-electron chi connectivity index (χ1n) is 6.00. The normalized spacial score (nSPS) is 10.4. The first-order chi connectivity index (χ1) is 8.58. The second-order valence-electron chi connectivity index (χ2n) is 4.16. The summed E-state index contributed by atoms with van der Waals surface area (Å²) in [6.45, 7) is 5.06. The van der Waals surface area contributed by atoms with E-state index in [1.807, 2.05) is 13.8 Å². The van der Waals surface area contributed by atoms with Crippen LogP contribution in [0.1, 0.15) is 20.3 Å². The van der Waals surface area contributed by atoms with Gasteiger partial charge in [0.2, 0.25) is 0 Å². The number of rotatable bonds is 6. The predicted octanol–water partition coefficient (Wildman–Crippen LogP) is 2.76. The van der Waals surface area contributed by atoms with E-state index < -0.39 is 0 Å². The molecule has 0 aliphatic rings. The van der Waals surface area contributed by atoms with Gasteiger partial charge in [0.25, 0.3) is 0 Å². The van der Waals surface area contributed by atoms with E-state index in [9.17, 15) is 9.18 Å². The quantitative estimate of drug-likeness (QED) is 0.767. The predicted molar refractivity (Wildman–Crippen MR) is 69.1 cm³/mol. The molecule has 0 aliphatic heterocycles. The Bertz CT molecular complexity index is 383. The van der Waals surface area contributed by atoms with Crippen molar-refractivity contribution in [2.45, 2.75) is 26.4 Å². The second-order valence-corrected chi connectivity index (χ2v) is 4.16. The van der Waals surface area contributed by atoms with Gasteiger partial charge in [-0.25, -0.2) is 9.18 Å². The van der Waals surface area contributed by atoms with Gasteiger partial charge in [0, 0.05) is 18.8 Å². The monoisotopic (exact) mass is 254 g/mol. The van der Waals surface area contributed by atoms with Gasteiger partial charge in [0.1, 0.15) is 5.82 Å². The van der Waals surface area contributed by atoms with Crippen LogP contribution in [-0.2, 0) is 4.74 Å². The number of ether oxygens (including phenoxy) is 1. The lowest BCUT2D eigenvalue weighted by atomic mass is 10.3. The topological polar surface area (TPSA) is 50.4 Å². The van der Waals surface area contributed by atoms with Gasteiger partial charge in [-0.2, -0.15) is 0 Å². The van der Waals surface area contributed by atoms with E-state index in [0.29, 0.717) is 18.8 Å². The molecule has 18 heavy (non-hydrogen) atoms. The summed E-state index contributed by atoms with van der Waals surface area (Å²) in [4.78, 5) is 11.4. The maximum atomic E-state index is 12.9. The molecule has 0 saturated carbocycles. The highest BCUT2D eigenvalue weighted by molar-refractivity contribution is 5.89. The number of urea groups is 1. The van der Waals surface area contributed by atoms with Crippen molar-refractivity contribution in [3.63, 3.8) is 0 Å². The molecule has 0 bridgehead atoms. The Hall–Kier alpha value is -1.62. The van der Waals surface area contributed by atoms with Crippen molar-refractivity contribution in [2.24, 2.45) is 0 Å². The molecule has 2 N–H and O–H groups in total. The van der Waals surface area contributed by atoms with Crippen LogP contribution in [0.5, 0.6) is 0 Å². The highest BCUT2D eigenvalue weighted by atomic mass is 19.1. The number of anilines is 1. The Labute approximate surface area is 107 Å². The van der Waals surface area contributed by atoms with Crippen molar-refractivity contribution < 1.29 is 13.9 Å². The van der Waals surface area contributed by atoms with Gasteiger partial charge >= 0.3 is 6.03 Å². The van der Waals surface area contributed by atoms with Crippen LogP contribution >= 0.6 is 0 Å². The summed E-state index contributed by atoms with van der Waals surface area (Å²) < 4.78 is 18.2. The Kier molecular flexibility index (Phi) is 6.14. The van der Waals surface area contributed by atoms with E-state index in [1.165, 1.54) is 12.1 Å². The van der Waals surface area contributed by atoms with Crippen LogP contribution in [-0.4, -0.2) is 25.3 Å². The summed E-state index contributed by atoms with van der Waals surface area (Å²) in [6.07, 6.45) is 0.945. The summed E-state index contributed by atoms with van der Waals surface area (Å²) in [7, 11) is 0. The highest BCUT2D eigenvalue weighted by Crippen LogP contribution is 2.08. The van der Waals surface area contributed by atoms with Crippen molar-refractivity contribution in [2.75, 3.05) is 18.5 Å². The van der Waals surface area contributed by atoms with E-state index in [-0.39, 0.29) is 18.0 Å². The SMILES string of the molecule is CC(C)OCCCNC(=O)Nc1cccc(F)c1. The van der Waals surface area contributed by atoms with Crippen molar-refractivity contribution in [3.8, 4) is 0 Å². The maximum Gasteiger partial charge on any atom is 0.319 e. The van der Waals surface area contributed by atoms with E-state index in [2.05, 4.69) is 10.6 Å². The molecule has 100 valence electrons. The molecule has 0 heterocycles. The largest absolute Gasteiger partial charge is 0.379 e. The lowest BCUT2D eigenvalue weighted by Gasteiger charge is -2.09. The van der Waals surface area contributed by atoms with Crippen molar-refractivity contribution in [1.29, 1.82) is 0 Å². The van der Waals surface area contributed by atoms with Crippen LogP contribution < -0.4 is 10.6 Å². The molecule has 0 aromatic heterocycles. The number of hydrogen-bond donors (Lipinski definition) is 2. The lowest BCUT2D eigenvalue weighted by molar-refractivity contribution is 0.0775. The van der Waals surface area contributed by atoms with Gasteiger partial charge in [-0.15, -0.1) is 0 Å². The summed E-state index contributed by atoms with van der Waals surface area (Å²) in [5.41, 5.74) is 0.436. The van der Waals surface area contributed by atoms with Crippen molar-refractivity contribution >= 4 is 11.7 Å². The zero-order valence-electron chi connectivity index (χ0n) is 10.7. The molecule has 5 heteroatoms. The number of hydrogen-bond acceptors (Lipinski definition) is 2. The third-order valence-corrected chi connectivity index (χ3v) is 2.14. The van der Waals surface area contributed by atoms with Gasteiger partial charge in [-0.1, -0.05) is 6.07 Å². The average molecular weight is 254 g/mol. The third kappa shape index (κ3) is 6.20. The number of nitrogens with one attached hydrogen (secondary N) is 2. The van der Waals surface area contributed by atoms with Crippen LogP contribution in [0.3, 0.4) is 0 Å². The van der Waals surface area contributed by atoms with Crippen LogP contribution in [0.15, 0.2) is 24.3 Å². The fraction of sp³-hybridized carbons (Fsp3) is 0.462. The molecule has 0 saturated heterocycles. The van der Waals surface area contributed by atoms with E-state index >= 15 is 0 Å². The van der Waals surface area contributed by atoms with Gasteiger partial charge < -0.3 is 15.4 Å². The lowest BCUT2D eigenvalue weighted by Crippen LogP contribution is -2.30. The first kappa shape index (κ1) is 14.4. The Morgan fingerprint density at radius 1 is 1.44 bits per heavy atom. The molecule has 0 fully saturated rings. The molecule has 0 aliphatic carbocycles. The molecule has 2 amide bonds. The average Bonchev–Trinajstić information content (AvgIpc) is 2.28. The minimum absolute atomic E-state index is 0.200. The molecule has 1 rings (SSSR count). The molecule has 0 radical (unpaired) electrons. The second kappa shape index (κ2) is 7.66. The van der Waals surface area contributed by atoms with Gasteiger partial charge in [0.15, 0.2) is 0 Å². The molecule has 1 aromatic rings. The van der Waals surface area contributed by atoms with Gasteiger partial charge in [-0.05, 0) is 38.5 Å². The van der Waals surface area contributed by atoms with Crippen LogP contribution in [0.2, 0.25) is 0 Å². The number of halogens is 1. The standard InChI is InChI=1S/C13H19FN2O2/c1-10(2)18-8-4-7-15-13(17)16-12-6-3-5-11(14)9-12/h3,5-6,9-10H,4,7-8H2,1-2H3,(H2,15,16,17). The smallest absolute Gasteiger partial charge is 0.319 e. The minimum Gasteiger partial charge on any atom is -0.379 e. The summed E-state index contributed by atoms with van der Waals surface area (Å²) in [6, 6.07) is 5.42. The molecule has 0 atom stereocenters. The summed E-state index contributed by atoms with van der Waals surface area (Å²) in [5, 5.41) is 5.22. The zero-order valence-corrected chi connectivity index (χ0v) is 10.7. The molecule has 1 aromatic carbocycles. The number of amides is 2. The third-order valence-electron chi connectivity index (χ3n) is 2.14. The minimum atomic E-state index is -0.377. The van der Waals surface area contributed by atoms with Crippen LogP contribution in [0, 0.1) is 5.82 Å². The Morgan fingerprint density at radius 2 is 2.22 bits per heavy atom. The molecule has 4 nitrogen and oxygen atoms in total. The highest BCUT2D eigenvalue weighted by Gasteiger charge is 2.01. The summed E-state index contributed by atoms with van der Waals surface area (Å²) in [5.74, 6) is -0.377. The Morgan fingerprint density at radius 3 is 2.89 bits per heavy atom. The van der Waals surface area contributed by atoms with Crippen LogP contribution in [0.4, 0.5) is 14.9 Å². The summed E-state index contributed by atoms with van der Waals surface area (Å²) >= 11 is 0. The van der Waals surface area contributed by atoms with Crippen molar-refractivity contribution in [3.05, 3.63) is 30.1 Å². The number of carbonyl (C=O) groups is 1. The first-order valence-corrected chi connectivity index (χ1v) is 6.00. The molecular formula is C13H19FN2O2. The van der Waals surface area contributed by atoms with Gasteiger partial charge in [0.05, 0.1) is 6.10 Å². The molecular weight excluding hydrogens is 235 g/mol. The zero-order chi connectivity index (χ0) is 13.4. The number of benzene rings is 1. The molecule has 0 unspecified atom stereocenters. The van der Waals surface area contributed by atoms with Gasteiger partial charge in [-0.3, -0.25) is 0 Å². The fourth-order valence-corrected chi connectivity index (χ4v) is 1.33. The van der Waals surface area contributed by atoms with Crippen LogP contribution in [0.25, 0.3) is 0 Å². The van der Waals surface area contributed by atoms with Crippen molar-refractivity contribution in [1.82, 2.24) is 5.32 Å².